The van der Waals surface area contributed by atoms with E-state index in [1.807, 2.05) is 0 Å². The smallest absolute Gasteiger partial charge is 0.0755 e. The van der Waals surface area contributed by atoms with Gasteiger partial charge in [-0.25, -0.2) is 0 Å². The fourth-order valence-corrected chi connectivity index (χ4v) is 11.9. The summed E-state index contributed by atoms with van der Waals surface area (Å²) >= 11 is 0. The first-order valence-corrected chi connectivity index (χ1v) is 23.9. The van der Waals surface area contributed by atoms with Crippen LogP contribution in [0.15, 0.2) is 267 Å². The molecule has 2 nitrogen and oxygen atoms in total. The van der Waals surface area contributed by atoms with Gasteiger partial charge in [-0.2, -0.15) is 0 Å². The van der Waals surface area contributed by atoms with Gasteiger partial charge in [0, 0.05) is 27.6 Å². The molecule has 0 N–H and O–H groups in total. The third-order valence-electron chi connectivity index (χ3n) is 14.8. The van der Waals surface area contributed by atoms with Gasteiger partial charge >= 0.3 is 0 Å². The lowest BCUT2D eigenvalue weighted by Crippen LogP contribution is -2.33. The van der Waals surface area contributed by atoms with E-state index in [0.29, 0.717) is 0 Å². The van der Waals surface area contributed by atoms with Gasteiger partial charge in [0.15, 0.2) is 0 Å². The van der Waals surface area contributed by atoms with E-state index in [-0.39, 0.29) is 0 Å². The molecule has 0 radical (unpaired) electrons. The van der Waals surface area contributed by atoms with E-state index in [1.165, 1.54) is 94.3 Å². The fourth-order valence-electron chi connectivity index (χ4n) is 11.9. The second-order valence-electron chi connectivity index (χ2n) is 18.4. The van der Waals surface area contributed by atoms with Gasteiger partial charge in [0.1, 0.15) is 0 Å². The highest BCUT2D eigenvalue weighted by Crippen LogP contribution is 2.63. The molecule has 14 rings (SSSR count). The van der Waals surface area contributed by atoms with Crippen LogP contribution in [-0.2, 0) is 5.41 Å². The third kappa shape index (κ3) is 5.86. The number of hydrogen-bond acceptors (Lipinski definition) is 1. The largest absolute Gasteiger partial charge is 0.309 e. The van der Waals surface area contributed by atoms with Crippen molar-refractivity contribution in [3.8, 4) is 61.3 Å². The van der Waals surface area contributed by atoms with Crippen LogP contribution in [0.3, 0.4) is 0 Å². The Morgan fingerprint density at radius 1 is 0.290 bits per heavy atom. The maximum atomic E-state index is 2.52. The Hall–Kier alpha value is -8.98. The van der Waals surface area contributed by atoms with Gasteiger partial charge in [0.2, 0.25) is 0 Å². The Morgan fingerprint density at radius 2 is 0.754 bits per heavy atom. The molecular weight excluding hydrogens is 833 g/mol. The molecule has 1 aromatic heterocycles. The molecule has 2 aliphatic rings. The molecule has 11 aromatic carbocycles. The van der Waals surface area contributed by atoms with Gasteiger partial charge in [-0.1, -0.05) is 231 Å². The van der Waals surface area contributed by atoms with E-state index < -0.39 is 5.41 Å². The van der Waals surface area contributed by atoms with E-state index in [4.69, 9.17) is 0 Å². The summed E-state index contributed by atoms with van der Waals surface area (Å²) in [6, 6.07) is 98.6. The molecule has 0 amide bonds. The highest BCUT2D eigenvalue weighted by Gasteiger charge is 2.51. The molecule has 0 unspecified atom stereocenters. The first kappa shape index (κ1) is 39.2. The standard InChI is InChI=1S/C67H44N2/c1-3-17-45(18-4-1)47-33-35-49(36-34-47)50-41-43-52(44-42-50)68(61-29-12-8-21-53(61)51-39-37-48(38-40-51)46-19-5-2-6-20-46)64-32-16-27-59-65(64)56-23-7-10-25-57(56)67(59)58-26-11-14-31-63(58)69-62-30-13-9-22-54(62)55-24-15-28-60(67)66(55)69/h1-44H/t67-/m1/s1. The van der Waals surface area contributed by atoms with E-state index in [1.54, 1.807) is 0 Å². The van der Waals surface area contributed by atoms with Crippen molar-refractivity contribution >= 4 is 38.9 Å². The Bertz CT molecular complexity index is 3920. The lowest BCUT2D eigenvalue weighted by Gasteiger charge is -2.39. The van der Waals surface area contributed by atoms with E-state index >= 15 is 0 Å². The maximum absolute atomic E-state index is 2.52. The van der Waals surface area contributed by atoms with Crippen LogP contribution in [0.5, 0.6) is 0 Å². The van der Waals surface area contributed by atoms with Gasteiger partial charge in [0.05, 0.1) is 33.5 Å². The van der Waals surface area contributed by atoms with Gasteiger partial charge in [-0.15, -0.1) is 0 Å². The summed E-state index contributed by atoms with van der Waals surface area (Å²) in [7, 11) is 0. The number of anilines is 3. The number of hydrogen-bond donors (Lipinski definition) is 0. The highest BCUT2D eigenvalue weighted by molar-refractivity contribution is 6.13. The molecule has 322 valence electrons. The molecule has 0 fully saturated rings. The number of nitrogens with zero attached hydrogens (tertiary/aromatic N) is 2. The second kappa shape index (κ2) is 15.6. The molecule has 0 bridgehead atoms. The SMILES string of the molecule is c1ccc(-c2ccc(-c3ccc(N(c4ccccc4-c4ccc(-c5ccccc5)cc4)c4cccc5c4-c4ccccc4[C@@]54c5ccccc5-n5c6ccccc6c6cccc4c65)cc3)cc2)cc1. The summed E-state index contributed by atoms with van der Waals surface area (Å²) in [4.78, 5) is 2.52. The Kier molecular flexibility index (Phi) is 8.84. The quantitative estimate of drug-likeness (QED) is 0.155. The summed E-state index contributed by atoms with van der Waals surface area (Å²) in [5, 5.41) is 2.55. The van der Waals surface area contributed by atoms with Gasteiger partial charge in [0.25, 0.3) is 0 Å². The van der Waals surface area contributed by atoms with Crippen LogP contribution in [0.4, 0.5) is 17.1 Å². The summed E-state index contributed by atoms with van der Waals surface area (Å²) in [5.74, 6) is 0. The Morgan fingerprint density at radius 3 is 1.45 bits per heavy atom. The van der Waals surface area contributed by atoms with Crippen molar-refractivity contribution in [2.45, 2.75) is 5.41 Å². The molecule has 69 heavy (non-hydrogen) atoms. The topological polar surface area (TPSA) is 8.17 Å². The molecule has 1 aliphatic heterocycles. The minimum absolute atomic E-state index is 0.573. The van der Waals surface area contributed by atoms with Crippen LogP contribution < -0.4 is 4.90 Å². The minimum atomic E-state index is -0.573. The first-order chi connectivity index (χ1) is 34.3. The van der Waals surface area contributed by atoms with Crippen LogP contribution in [0.1, 0.15) is 22.3 Å². The van der Waals surface area contributed by atoms with Gasteiger partial charge in [-0.05, 0) is 103 Å². The van der Waals surface area contributed by atoms with Crippen molar-refractivity contribution in [3.05, 3.63) is 289 Å². The predicted molar refractivity (Wildman–Crippen MR) is 288 cm³/mol. The maximum Gasteiger partial charge on any atom is 0.0755 e. The normalized spacial score (nSPS) is 14.1. The van der Waals surface area contributed by atoms with Crippen molar-refractivity contribution < 1.29 is 0 Å². The first-order valence-electron chi connectivity index (χ1n) is 23.9. The van der Waals surface area contributed by atoms with Crippen molar-refractivity contribution in [1.82, 2.24) is 4.57 Å². The van der Waals surface area contributed by atoms with Crippen LogP contribution >= 0.6 is 0 Å². The summed E-state index contributed by atoms with van der Waals surface area (Å²) in [5.41, 5.74) is 23.7. The van der Waals surface area contributed by atoms with Crippen LogP contribution in [0, 0.1) is 0 Å². The van der Waals surface area contributed by atoms with E-state index in [0.717, 1.165) is 28.2 Å². The average molecular weight is 877 g/mol. The van der Waals surface area contributed by atoms with Crippen molar-refractivity contribution in [1.29, 1.82) is 0 Å². The Labute approximate surface area is 402 Å². The number of benzene rings is 11. The van der Waals surface area contributed by atoms with Crippen molar-refractivity contribution in [2.24, 2.45) is 0 Å². The molecule has 0 saturated heterocycles. The Balaban J connectivity index is 0.998. The molecule has 1 spiro atoms. The van der Waals surface area contributed by atoms with Gasteiger partial charge in [-0.3, -0.25) is 0 Å². The zero-order chi connectivity index (χ0) is 45.5. The summed E-state index contributed by atoms with van der Waals surface area (Å²) in [6.45, 7) is 0. The number of fused-ring (bicyclic) bond motifs is 12. The minimum Gasteiger partial charge on any atom is -0.309 e. The molecular formula is C67H44N2. The number of para-hydroxylation sites is 4. The zero-order valence-electron chi connectivity index (χ0n) is 37.8. The molecule has 12 aromatic rings. The molecule has 1 aliphatic carbocycles. The highest BCUT2D eigenvalue weighted by atomic mass is 15.1. The zero-order valence-corrected chi connectivity index (χ0v) is 37.8. The number of rotatable bonds is 7. The van der Waals surface area contributed by atoms with Gasteiger partial charge < -0.3 is 9.47 Å². The lowest BCUT2D eigenvalue weighted by atomic mass is 9.65. The second-order valence-corrected chi connectivity index (χ2v) is 18.4. The molecule has 2 heteroatoms. The summed E-state index contributed by atoms with van der Waals surface area (Å²) in [6.07, 6.45) is 0. The number of aromatic nitrogens is 1. The van der Waals surface area contributed by atoms with Crippen molar-refractivity contribution in [3.63, 3.8) is 0 Å². The molecule has 2 heterocycles. The molecule has 1 atom stereocenters. The monoisotopic (exact) mass is 876 g/mol. The van der Waals surface area contributed by atoms with Crippen LogP contribution in [0.2, 0.25) is 0 Å². The van der Waals surface area contributed by atoms with Crippen LogP contribution in [-0.4, -0.2) is 4.57 Å². The average Bonchev–Trinajstić information content (AvgIpc) is 3.93. The predicted octanol–water partition coefficient (Wildman–Crippen LogP) is 17.6. The third-order valence-corrected chi connectivity index (χ3v) is 14.8. The van der Waals surface area contributed by atoms with Crippen LogP contribution in [0.25, 0.3) is 83.1 Å². The lowest BCUT2D eigenvalue weighted by molar-refractivity contribution is 0.748. The van der Waals surface area contributed by atoms with Crippen molar-refractivity contribution in [2.75, 3.05) is 4.90 Å². The fraction of sp³-hybridized carbons (Fsp3) is 0.0149. The summed E-state index contributed by atoms with van der Waals surface area (Å²) < 4.78 is 2.52. The molecule has 0 saturated carbocycles. The van der Waals surface area contributed by atoms with E-state index in [9.17, 15) is 0 Å². The van der Waals surface area contributed by atoms with E-state index in [2.05, 4.69) is 276 Å².